The van der Waals surface area contributed by atoms with Crippen LogP contribution in [0.25, 0.3) is 0 Å². The minimum Gasteiger partial charge on any atom is -0.390 e. The average molecular weight is 261 g/mol. The Labute approximate surface area is 105 Å². The Morgan fingerprint density at radius 1 is 1.56 bits per heavy atom. The molecule has 16 heavy (non-hydrogen) atoms. The Morgan fingerprint density at radius 2 is 2.25 bits per heavy atom. The molecule has 3 nitrogen and oxygen atoms in total. The molecule has 0 aromatic carbocycles. The van der Waals surface area contributed by atoms with Gasteiger partial charge in [-0.15, -0.1) is 22.9 Å². The summed E-state index contributed by atoms with van der Waals surface area (Å²) < 4.78 is 0. The topological polar surface area (TPSA) is 36.4 Å². The third-order valence-electron chi connectivity index (χ3n) is 3.03. The van der Waals surface area contributed by atoms with Crippen molar-refractivity contribution in [3.05, 3.63) is 16.1 Å². The second kappa shape index (κ2) is 5.00. The molecule has 1 saturated heterocycles. The van der Waals surface area contributed by atoms with E-state index in [0.29, 0.717) is 5.88 Å². The van der Waals surface area contributed by atoms with Crippen LogP contribution in [0.5, 0.6) is 0 Å². The van der Waals surface area contributed by atoms with Crippen LogP contribution in [0, 0.1) is 0 Å². The molecule has 0 aliphatic carbocycles. The maximum atomic E-state index is 9.84. The van der Waals surface area contributed by atoms with Crippen molar-refractivity contribution in [3.63, 3.8) is 0 Å². The van der Waals surface area contributed by atoms with Crippen LogP contribution in [0.1, 0.15) is 30.5 Å². The summed E-state index contributed by atoms with van der Waals surface area (Å²) in [6, 6.07) is 0. The lowest BCUT2D eigenvalue weighted by Crippen LogP contribution is -2.41. The van der Waals surface area contributed by atoms with Gasteiger partial charge in [0.2, 0.25) is 0 Å². The van der Waals surface area contributed by atoms with Crippen LogP contribution >= 0.6 is 22.9 Å². The molecule has 0 bridgehead atoms. The Hall–Kier alpha value is -0.160. The molecule has 2 heterocycles. The summed E-state index contributed by atoms with van der Waals surface area (Å²) in [4.78, 5) is 6.78. The molecular formula is C11H17ClN2OS. The normalized spacial score (nSPS) is 21.2. The van der Waals surface area contributed by atoms with Gasteiger partial charge >= 0.3 is 0 Å². The lowest BCUT2D eigenvalue weighted by Gasteiger charge is -2.35. The number of hydrogen-bond donors (Lipinski definition) is 1. The number of aliphatic hydroxyl groups is 1. The molecule has 0 radical (unpaired) electrons. The molecular weight excluding hydrogens is 244 g/mol. The second-order valence-corrected chi connectivity index (χ2v) is 5.85. The smallest absolute Gasteiger partial charge is 0.107 e. The molecule has 1 aliphatic heterocycles. The Balaban J connectivity index is 1.87. The van der Waals surface area contributed by atoms with Crippen molar-refractivity contribution in [1.82, 2.24) is 9.88 Å². The molecule has 5 heteroatoms. The van der Waals surface area contributed by atoms with Crippen molar-refractivity contribution in [2.24, 2.45) is 0 Å². The predicted octanol–water partition coefficient (Wildman–Crippen LogP) is 2.23. The zero-order valence-electron chi connectivity index (χ0n) is 9.45. The molecule has 0 amide bonds. The lowest BCUT2D eigenvalue weighted by atomic mass is 9.94. The maximum absolute atomic E-state index is 9.84. The number of hydrogen-bond acceptors (Lipinski definition) is 4. The van der Waals surface area contributed by atoms with Crippen molar-refractivity contribution >= 4 is 22.9 Å². The molecule has 1 aliphatic rings. The first-order valence-corrected chi connectivity index (χ1v) is 6.94. The molecule has 0 atom stereocenters. The van der Waals surface area contributed by atoms with Gasteiger partial charge < -0.3 is 5.11 Å². The Morgan fingerprint density at radius 3 is 2.81 bits per heavy atom. The van der Waals surface area contributed by atoms with Gasteiger partial charge in [-0.25, -0.2) is 4.98 Å². The molecule has 1 N–H and O–H groups in total. The van der Waals surface area contributed by atoms with Gasteiger partial charge in [0, 0.05) is 18.5 Å². The number of piperidine rings is 1. The minimum absolute atomic E-state index is 0.472. The monoisotopic (exact) mass is 260 g/mol. The van der Waals surface area contributed by atoms with E-state index in [9.17, 15) is 5.11 Å². The van der Waals surface area contributed by atoms with Crippen LogP contribution in [-0.4, -0.2) is 33.7 Å². The fourth-order valence-corrected chi connectivity index (χ4v) is 2.93. The number of nitrogens with zero attached hydrogens (tertiary/aromatic N) is 2. The summed E-state index contributed by atoms with van der Waals surface area (Å²) in [5.41, 5.74) is 0.492. The number of thiazole rings is 1. The molecule has 0 unspecified atom stereocenters. The van der Waals surface area contributed by atoms with Gasteiger partial charge in [0.05, 0.1) is 23.7 Å². The van der Waals surface area contributed by atoms with E-state index in [1.807, 2.05) is 12.3 Å². The van der Waals surface area contributed by atoms with Gasteiger partial charge in [0.25, 0.3) is 0 Å². The highest BCUT2D eigenvalue weighted by Crippen LogP contribution is 2.23. The van der Waals surface area contributed by atoms with E-state index in [4.69, 9.17) is 11.6 Å². The van der Waals surface area contributed by atoms with Crippen molar-refractivity contribution in [1.29, 1.82) is 0 Å². The average Bonchev–Trinajstić information content (AvgIpc) is 2.69. The van der Waals surface area contributed by atoms with E-state index in [1.165, 1.54) is 0 Å². The number of alkyl halides is 1. The fourth-order valence-electron chi connectivity index (χ4n) is 1.87. The molecule has 0 saturated carbocycles. The first-order chi connectivity index (χ1) is 7.59. The van der Waals surface area contributed by atoms with Gasteiger partial charge in [0.15, 0.2) is 0 Å². The number of rotatable bonds is 3. The number of halogens is 1. The van der Waals surface area contributed by atoms with Gasteiger partial charge in [-0.3, -0.25) is 4.90 Å². The van der Waals surface area contributed by atoms with Crippen LogP contribution < -0.4 is 0 Å². The first-order valence-electron chi connectivity index (χ1n) is 5.53. The van der Waals surface area contributed by atoms with E-state index in [-0.39, 0.29) is 0 Å². The zero-order chi connectivity index (χ0) is 11.6. The number of likely N-dealkylation sites (tertiary alicyclic amines) is 1. The summed E-state index contributed by atoms with van der Waals surface area (Å²) >= 11 is 7.39. The summed E-state index contributed by atoms with van der Waals surface area (Å²) in [6.45, 7) is 4.70. The van der Waals surface area contributed by atoms with E-state index in [2.05, 4.69) is 9.88 Å². The van der Waals surface area contributed by atoms with Gasteiger partial charge in [-0.2, -0.15) is 0 Å². The van der Waals surface area contributed by atoms with Crippen molar-refractivity contribution in [2.75, 3.05) is 13.1 Å². The first kappa shape index (κ1) is 12.3. The van der Waals surface area contributed by atoms with Crippen LogP contribution in [0.15, 0.2) is 5.38 Å². The third-order valence-corrected chi connectivity index (χ3v) is 4.18. The zero-order valence-corrected chi connectivity index (χ0v) is 11.0. The van der Waals surface area contributed by atoms with E-state index in [0.717, 1.165) is 43.2 Å². The quantitative estimate of drug-likeness (QED) is 0.847. The fraction of sp³-hybridized carbons (Fsp3) is 0.727. The van der Waals surface area contributed by atoms with Gasteiger partial charge in [-0.05, 0) is 19.8 Å². The molecule has 90 valence electrons. The standard InChI is InChI=1S/C11H17ClN2OS/c1-11(15)2-4-14(5-3-11)7-10-13-9(6-12)8-16-10/h8,15H,2-7H2,1H3. The van der Waals surface area contributed by atoms with Crippen LogP contribution in [0.3, 0.4) is 0 Å². The molecule has 0 spiro atoms. The lowest BCUT2D eigenvalue weighted by molar-refractivity contribution is -0.00731. The summed E-state index contributed by atoms with van der Waals surface area (Å²) in [5, 5.41) is 13.0. The van der Waals surface area contributed by atoms with Crippen LogP contribution in [-0.2, 0) is 12.4 Å². The summed E-state index contributed by atoms with van der Waals surface area (Å²) in [6.07, 6.45) is 1.70. The largest absolute Gasteiger partial charge is 0.390 e. The molecule has 1 fully saturated rings. The van der Waals surface area contributed by atoms with Crippen molar-refractivity contribution in [2.45, 2.75) is 37.8 Å². The highest BCUT2D eigenvalue weighted by atomic mass is 35.5. The summed E-state index contributed by atoms with van der Waals surface area (Å²) in [7, 11) is 0. The predicted molar refractivity (Wildman–Crippen MR) is 66.8 cm³/mol. The van der Waals surface area contributed by atoms with Gasteiger partial charge in [0.1, 0.15) is 5.01 Å². The second-order valence-electron chi connectivity index (χ2n) is 4.64. The number of aromatic nitrogens is 1. The molecule has 1 aromatic rings. The van der Waals surface area contributed by atoms with Crippen molar-refractivity contribution in [3.8, 4) is 0 Å². The minimum atomic E-state index is -0.472. The third kappa shape index (κ3) is 3.17. The summed E-state index contributed by atoms with van der Waals surface area (Å²) in [5.74, 6) is 0.491. The maximum Gasteiger partial charge on any atom is 0.107 e. The van der Waals surface area contributed by atoms with Gasteiger partial charge in [-0.1, -0.05) is 0 Å². The highest BCUT2D eigenvalue weighted by Gasteiger charge is 2.27. The molecule has 2 rings (SSSR count). The van der Waals surface area contributed by atoms with E-state index >= 15 is 0 Å². The SMILES string of the molecule is CC1(O)CCN(Cc2nc(CCl)cs2)CC1. The van der Waals surface area contributed by atoms with E-state index in [1.54, 1.807) is 11.3 Å². The Kier molecular flexibility index (Phi) is 3.85. The highest BCUT2D eigenvalue weighted by molar-refractivity contribution is 7.09. The molecule has 1 aromatic heterocycles. The van der Waals surface area contributed by atoms with Crippen molar-refractivity contribution < 1.29 is 5.11 Å². The van der Waals surface area contributed by atoms with Crippen LogP contribution in [0.2, 0.25) is 0 Å². The van der Waals surface area contributed by atoms with E-state index < -0.39 is 5.60 Å². The Bertz CT molecular complexity index is 344. The van der Waals surface area contributed by atoms with Crippen LogP contribution in [0.4, 0.5) is 0 Å².